The van der Waals surface area contributed by atoms with Crippen LogP contribution in [0.2, 0.25) is 0 Å². The quantitative estimate of drug-likeness (QED) is 0.911. The molecule has 0 saturated heterocycles. The summed E-state index contributed by atoms with van der Waals surface area (Å²) in [6.07, 6.45) is 4.78. The third-order valence-corrected chi connectivity index (χ3v) is 4.07. The van der Waals surface area contributed by atoms with Gasteiger partial charge in [0.05, 0.1) is 10.6 Å². The highest BCUT2D eigenvalue weighted by Crippen LogP contribution is 2.25. The van der Waals surface area contributed by atoms with Gasteiger partial charge in [-0.05, 0) is 40.9 Å². The number of fused-ring (bicyclic) bond motifs is 1. The first kappa shape index (κ1) is 11.9. The summed E-state index contributed by atoms with van der Waals surface area (Å²) in [5.41, 5.74) is 0.798. The second-order valence-corrected chi connectivity index (χ2v) is 5.55. The minimum atomic E-state index is -0.179. The lowest BCUT2D eigenvalue weighted by Crippen LogP contribution is -2.22. The Balaban J connectivity index is 1.73. The predicted octanol–water partition coefficient (Wildman–Crippen LogP) is 2.06. The average molecular weight is 311 g/mol. The van der Waals surface area contributed by atoms with Crippen LogP contribution in [0.4, 0.5) is 5.95 Å². The third kappa shape index (κ3) is 2.22. The molecule has 0 aliphatic heterocycles. The van der Waals surface area contributed by atoms with Crippen LogP contribution >= 0.6 is 15.9 Å². The highest BCUT2D eigenvalue weighted by Gasteiger charge is 2.25. The number of nitrogens with zero attached hydrogens (tertiary/aromatic N) is 3. The van der Waals surface area contributed by atoms with Crippen molar-refractivity contribution >= 4 is 27.5 Å². The summed E-state index contributed by atoms with van der Waals surface area (Å²) >= 11 is 3.45. The molecular formula is C12H15BrN4O. The van der Waals surface area contributed by atoms with Crippen LogP contribution in [0.25, 0.3) is 5.65 Å². The Morgan fingerprint density at radius 2 is 2.39 bits per heavy atom. The van der Waals surface area contributed by atoms with Crippen LogP contribution in [0, 0.1) is 5.92 Å². The number of hydrogen-bond acceptors (Lipinski definition) is 4. The van der Waals surface area contributed by atoms with Gasteiger partial charge in [0, 0.05) is 18.7 Å². The van der Waals surface area contributed by atoms with Crippen LogP contribution in [0.1, 0.15) is 19.3 Å². The van der Waals surface area contributed by atoms with Crippen molar-refractivity contribution in [3.8, 4) is 0 Å². The van der Waals surface area contributed by atoms with E-state index in [1.54, 1.807) is 4.52 Å². The molecule has 3 rings (SSSR count). The molecule has 0 aromatic carbocycles. The number of anilines is 1. The fourth-order valence-corrected chi connectivity index (χ4v) is 2.85. The molecule has 1 aliphatic rings. The lowest BCUT2D eigenvalue weighted by molar-refractivity contribution is 0.138. The van der Waals surface area contributed by atoms with Gasteiger partial charge in [0.1, 0.15) is 0 Å². The summed E-state index contributed by atoms with van der Waals surface area (Å²) < 4.78 is 2.66. The Morgan fingerprint density at radius 1 is 1.50 bits per heavy atom. The molecule has 2 N–H and O–H groups in total. The van der Waals surface area contributed by atoms with E-state index in [-0.39, 0.29) is 6.10 Å². The van der Waals surface area contributed by atoms with Gasteiger partial charge >= 0.3 is 0 Å². The molecule has 18 heavy (non-hydrogen) atoms. The monoisotopic (exact) mass is 310 g/mol. The van der Waals surface area contributed by atoms with Crippen LogP contribution in [-0.2, 0) is 0 Å². The van der Waals surface area contributed by atoms with E-state index in [1.165, 1.54) is 0 Å². The summed E-state index contributed by atoms with van der Waals surface area (Å²) in [6, 6.07) is 3.85. The van der Waals surface area contributed by atoms with Gasteiger partial charge < -0.3 is 10.4 Å². The lowest BCUT2D eigenvalue weighted by Gasteiger charge is -2.13. The number of hydrogen-bond donors (Lipinski definition) is 2. The molecule has 2 aromatic heterocycles. The van der Waals surface area contributed by atoms with Gasteiger partial charge in [-0.3, -0.25) is 0 Å². The minimum Gasteiger partial charge on any atom is -0.393 e. The molecule has 0 bridgehead atoms. The SMILES string of the molecule is OC1CCCC1CNc1nc2c(Br)cccn2n1. The number of nitrogens with one attached hydrogen (secondary N) is 1. The van der Waals surface area contributed by atoms with Crippen LogP contribution in [0.3, 0.4) is 0 Å². The molecule has 1 aliphatic carbocycles. The zero-order valence-electron chi connectivity index (χ0n) is 9.88. The molecule has 2 aromatic rings. The van der Waals surface area contributed by atoms with E-state index in [0.29, 0.717) is 11.9 Å². The number of aliphatic hydroxyl groups excluding tert-OH is 1. The minimum absolute atomic E-state index is 0.179. The first-order valence-electron chi connectivity index (χ1n) is 6.17. The fraction of sp³-hybridized carbons (Fsp3) is 0.500. The Labute approximate surface area is 113 Å². The zero-order valence-corrected chi connectivity index (χ0v) is 11.5. The van der Waals surface area contributed by atoms with Crippen LogP contribution in [-0.4, -0.2) is 32.4 Å². The van der Waals surface area contributed by atoms with Gasteiger partial charge in [0.15, 0.2) is 5.65 Å². The molecule has 6 heteroatoms. The summed E-state index contributed by atoms with van der Waals surface area (Å²) in [7, 11) is 0. The maximum atomic E-state index is 9.76. The predicted molar refractivity (Wildman–Crippen MR) is 72.5 cm³/mol. The second kappa shape index (κ2) is 4.85. The summed E-state index contributed by atoms with van der Waals surface area (Å²) in [4.78, 5) is 4.41. The highest BCUT2D eigenvalue weighted by molar-refractivity contribution is 9.10. The van der Waals surface area contributed by atoms with E-state index in [0.717, 1.165) is 35.9 Å². The van der Waals surface area contributed by atoms with Crippen molar-refractivity contribution in [1.82, 2.24) is 14.6 Å². The topological polar surface area (TPSA) is 62.5 Å². The average Bonchev–Trinajstić information content (AvgIpc) is 2.93. The fourth-order valence-electron chi connectivity index (χ4n) is 2.43. The van der Waals surface area contributed by atoms with E-state index in [1.807, 2.05) is 18.3 Å². The van der Waals surface area contributed by atoms with Crippen molar-refractivity contribution in [3.63, 3.8) is 0 Å². The summed E-state index contributed by atoms with van der Waals surface area (Å²) in [5, 5.41) is 17.3. The molecule has 1 saturated carbocycles. The molecule has 2 unspecified atom stereocenters. The van der Waals surface area contributed by atoms with E-state index in [9.17, 15) is 5.11 Å². The normalized spacial score (nSPS) is 23.7. The molecular weight excluding hydrogens is 296 g/mol. The highest BCUT2D eigenvalue weighted by atomic mass is 79.9. The van der Waals surface area contributed by atoms with E-state index >= 15 is 0 Å². The molecule has 96 valence electrons. The van der Waals surface area contributed by atoms with E-state index in [4.69, 9.17) is 0 Å². The molecule has 5 nitrogen and oxygen atoms in total. The molecule has 0 radical (unpaired) electrons. The van der Waals surface area contributed by atoms with Gasteiger partial charge in [-0.1, -0.05) is 6.42 Å². The Morgan fingerprint density at radius 3 is 3.11 bits per heavy atom. The maximum absolute atomic E-state index is 9.76. The Hall–Kier alpha value is -1.14. The second-order valence-electron chi connectivity index (χ2n) is 4.70. The third-order valence-electron chi connectivity index (χ3n) is 3.46. The molecule has 0 spiro atoms. The Bertz CT molecular complexity index is 556. The first-order valence-corrected chi connectivity index (χ1v) is 6.96. The summed E-state index contributed by atoms with van der Waals surface area (Å²) in [6.45, 7) is 0.732. The van der Waals surface area contributed by atoms with Crippen molar-refractivity contribution < 1.29 is 5.11 Å². The van der Waals surface area contributed by atoms with Crippen LogP contribution < -0.4 is 5.32 Å². The number of aromatic nitrogens is 3. The maximum Gasteiger partial charge on any atom is 0.243 e. The van der Waals surface area contributed by atoms with Crippen molar-refractivity contribution in [2.24, 2.45) is 5.92 Å². The van der Waals surface area contributed by atoms with Crippen molar-refractivity contribution in [2.75, 3.05) is 11.9 Å². The van der Waals surface area contributed by atoms with Crippen molar-refractivity contribution in [3.05, 3.63) is 22.8 Å². The molecule has 0 amide bonds. The van der Waals surface area contributed by atoms with Gasteiger partial charge in [-0.25, -0.2) is 4.52 Å². The van der Waals surface area contributed by atoms with Gasteiger partial charge in [0.25, 0.3) is 0 Å². The molecule has 1 fully saturated rings. The summed E-state index contributed by atoms with van der Waals surface area (Å²) in [5.74, 6) is 0.932. The molecule has 2 heterocycles. The van der Waals surface area contributed by atoms with Crippen molar-refractivity contribution in [1.29, 1.82) is 0 Å². The number of aliphatic hydroxyl groups is 1. The van der Waals surface area contributed by atoms with Gasteiger partial charge in [0.2, 0.25) is 5.95 Å². The van der Waals surface area contributed by atoms with Crippen LogP contribution in [0.15, 0.2) is 22.8 Å². The van der Waals surface area contributed by atoms with Crippen molar-refractivity contribution in [2.45, 2.75) is 25.4 Å². The number of pyridine rings is 1. The largest absolute Gasteiger partial charge is 0.393 e. The van der Waals surface area contributed by atoms with E-state index in [2.05, 4.69) is 31.3 Å². The van der Waals surface area contributed by atoms with Crippen LogP contribution in [0.5, 0.6) is 0 Å². The standard InChI is InChI=1S/C12H15BrN4O/c13-9-4-2-6-17-11(9)15-12(16-17)14-7-8-3-1-5-10(8)18/h2,4,6,8,10,18H,1,3,5,7H2,(H,14,16). The van der Waals surface area contributed by atoms with Gasteiger partial charge in [-0.15, -0.1) is 5.10 Å². The van der Waals surface area contributed by atoms with E-state index < -0.39 is 0 Å². The number of halogens is 1. The number of rotatable bonds is 3. The first-order chi connectivity index (χ1) is 8.74. The van der Waals surface area contributed by atoms with Gasteiger partial charge in [-0.2, -0.15) is 4.98 Å². The lowest BCUT2D eigenvalue weighted by atomic mass is 10.1. The smallest absolute Gasteiger partial charge is 0.243 e. The molecule has 2 atom stereocenters. The Kier molecular flexibility index (Phi) is 3.22. The zero-order chi connectivity index (χ0) is 12.5.